The molecule has 0 aliphatic heterocycles. The highest BCUT2D eigenvalue weighted by molar-refractivity contribution is 5.66. The van der Waals surface area contributed by atoms with Crippen molar-refractivity contribution in [3.8, 4) is 0 Å². The van der Waals surface area contributed by atoms with Crippen molar-refractivity contribution in [2.75, 3.05) is 0 Å². The van der Waals surface area contributed by atoms with E-state index in [9.17, 15) is 20.1 Å². The molecular formula is C18H32O5. The summed E-state index contributed by atoms with van der Waals surface area (Å²) in [5.41, 5.74) is 0. The normalized spacial score (nSPS) is 29.2. The fourth-order valence-electron chi connectivity index (χ4n) is 3.36. The summed E-state index contributed by atoms with van der Waals surface area (Å²) in [4.78, 5) is 10.4. The Morgan fingerprint density at radius 1 is 1.13 bits per heavy atom. The molecule has 5 nitrogen and oxygen atoms in total. The van der Waals surface area contributed by atoms with Crippen molar-refractivity contribution in [1.82, 2.24) is 0 Å². The number of carbonyl (C=O) groups is 1. The third-order valence-corrected chi connectivity index (χ3v) is 4.82. The van der Waals surface area contributed by atoms with Gasteiger partial charge in [-0.2, -0.15) is 0 Å². The number of aliphatic hydroxyl groups excluding tert-OH is 3. The van der Waals surface area contributed by atoms with E-state index in [4.69, 9.17) is 5.11 Å². The molecule has 1 aliphatic rings. The third kappa shape index (κ3) is 7.46. The van der Waals surface area contributed by atoms with Crippen LogP contribution in [0.15, 0.2) is 12.2 Å². The van der Waals surface area contributed by atoms with Gasteiger partial charge in [-0.3, -0.25) is 4.79 Å². The fraction of sp³-hybridized carbons (Fsp3) is 0.833. The quantitative estimate of drug-likeness (QED) is 0.345. The van der Waals surface area contributed by atoms with Crippen LogP contribution in [0.5, 0.6) is 0 Å². The summed E-state index contributed by atoms with van der Waals surface area (Å²) in [5.74, 6) is -0.778. The molecule has 0 aromatic carbocycles. The first kappa shape index (κ1) is 20.1. The number of carboxylic acids is 1. The molecule has 0 spiro atoms. The van der Waals surface area contributed by atoms with E-state index in [1.54, 1.807) is 6.08 Å². The monoisotopic (exact) mass is 328 g/mol. The predicted molar refractivity (Wildman–Crippen MR) is 89.0 cm³/mol. The molecule has 0 unspecified atom stereocenters. The Balaban J connectivity index is 2.31. The van der Waals surface area contributed by atoms with E-state index >= 15 is 0 Å². The zero-order valence-corrected chi connectivity index (χ0v) is 14.1. The van der Waals surface area contributed by atoms with Crippen LogP contribution >= 0.6 is 0 Å². The molecule has 0 saturated heterocycles. The number of unbranched alkanes of at least 4 members (excludes halogenated alkanes) is 4. The highest BCUT2D eigenvalue weighted by Crippen LogP contribution is 2.37. The van der Waals surface area contributed by atoms with Crippen molar-refractivity contribution in [2.45, 2.75) is 83.0 Å². The minimum atomic E-state index is -0.739. The minimum Gasteiger partial charge on any atom is -0.481 e. The lowest BCUT2D eigenvalue weighted by Gasteiger charge is -2.21. The smallest absolute Gasteiger partial charge is 0.303 e. The molecule has 1 aliphatic carbocycles. The SMILES string of the molecule is CC[C@@H](O)/C=C/[C@H]1[C@@H](CCCCCCCC(=O)O)[C@H](O)C[C@@H]1O. The summed E-state index contributed by atoms with van der Waals surface area (Å²) in [6.45, 7) is 1.90. The van der Waals surface area contributed by atoms with Gasteiger partial charge in [0.2, 0.25) is 0 Å². The Bertz CT molecular complexity index is 368. The van der Waals surface area contributed by atoms with Crippen molar-refractivity contribution in [2.24, 2.45) is 11.8 Å². The number of aliphatic hydroxyl groups is 3. The van der Waals surface area contributed by atoms with Gasteiger partial charge < -0.3 is 20.4 Å². The second kappa shape index (κ2) is 10.8. The molecule has 5 heteroatoms. The van der Waals surface area contributed by atoms with Gasteiger partial charge in [-0.1, -0.05) is 44.8 Å². The average Bonchev–Trinajstić information content (AvgIpc) is 2.77. The molecule has 0 aromatic heterocycles. The molecular weight excluding hydrogens is 296 g/mol. The van der Waals surface area contributed by atoms with Crippen molar-refractivity contribution >= 4 is 5.97 Å². The second-order valence-electron chi connectivity index (χ2n) is 6.67. The van der Waals surface area contributed by atoms with Crippen LogP contribution < -0.4 is 0 Å². The molecule has 134 valence electrons. The number of aliphatic carboxylic acids is 1. The number of carboxylic acid groups (broad SMARTS) is 1. The highest BCUT2D eigenvalue weighted by Gasteiger charge is 2.39. The first-order valence-corrected chi connectivity index (χ1v) is 8.90. The molecule has 0 radical (unpaired) electrons. The Kier molecular flexibility index (Phi) is 9.44. The van der Waals surface area contributed by atoms with Crippen LogP contribution in [-0.4, -0.2) is 44.7 Å². The molecule has 1 rings (SSSR count). The summed E-state index contributed by atoms with van der Waals surface area (Å²) in [7, 11) is 0. The molecule has 0 heterocycles. The lowest BCUT2D eigenvalue weighted by Crippen LogP contribution is -2.21. The Morgan fingerprint density at radius 3 is 2.43 bits per heavy atom. The van der Waals surface area contributed by atoms with Crippen LogP contribution in [0.25, 0.3) is 0 Å². The molecule has 1 saturated carbocycles. The summed E-state index contributed by atoms with van der Waals surface area (Å²) < 4.78 is 0. The van der Waals surface area contributed by atoms with E-state index in [0.29, 0.717) is 12.8 Å². The van der Waals surface area contributed by atoms with Crippen LogP contribution in [0.3, 0.4) is 0 Å². The van der Waals surface area contributed by atoms with Crippen molar-refractivity contribution in [3.05, 3.63) is 12.2 Å². The number of rotatable bonds is 11. The van der Waals surface area contributed by atoms with Gasteiger partial charge in [0.1, 0.15) is 0 Å². The van der Waals surface area contributed by atoms with Gasteiger partial charge in [-0.25, -0.2) is 0 Å². The zero-order valence-electron chi connectivity index (χ0n) is 14.1. The van der Waals surface area contributed by atoms with Crippen LogP contribution in [0.1, 0.15) is 64.7 Å². The first-order chi connectivity index (χ1) is 11.0. The summed E-state index contributed by atoms with van der Waals surface area (Å²) >= 11 is 0. The molecule has 0 bridgehead atoms. The molecule has 23 heavy (non-hydrogen) atoms. The summed E-state index contributed by atoms with van der Waals surface area (Å²) in [6, 6.07) is 0. The minimum absolute atomic E-state index is 0.0457. The standard InChI is InChI=1S/C18H32O5/c1-2-13(19)10-11-15-14(16(20)12-17(15)21)8-6-4-3-5-7-9-18(22)23/h10-11,13-17,19-21H,2-9,12H2,1H3,(H,22,23)/b11-10+/t13-,14-,15+,16-,17+/m1/s1. The van der Waals surface area contributed by atoms with Gasteiger partial charge in [0.25, 0.3) is 0 Å². The first-order valence-electron chi connectivity index (χ1n) is 8.90. The van der Waals surface area contributed by atoms with E-state index in [-0.39, 0.29) is 18.3 Å². The maximum Gasteiger partial charge on any atom is 0.303 e. The van der Waals surface area contributed by atoms with Crippen molar-refractivity contribution < 1.29 is 25.2 Å². The van der Waals surface area contributed by atoms with Gasteiger partial charge in [0.15, 0.2) is 0 Å². The zero-order chi connectivity index (χ0) is 17.2. The highest BCUT2D eigenvalue weighted by atomic mass is 16.4. The lowest BCUT2D eigenvalue weighted by atomic mass is 9.88. The van der Waals surface area contributed by atoms with E-state index in [0.717, 1.165) is 38.5 Å². The number of hydrogen-bond donors (Lipinski definition) is 4. The van der Waals surface area contributed by atoms with E-state index in [1.165, 1.54) is 0 Å². The van der Waals surface area contributed by atoms with E-state index in [1.807, 2.05) is 13.0 Å². The average molecular weight is 328 g/mol. The van der Waals surface area contributed by atoms with Crippen molar-refractivity contribution in [1.29, 1.82) is 0 Å². The third-order valence-electron chi connectivity index (χ3n) is 4.82. The van der Waals surface area contributed by atoms with Gasteiger partial charge in [0.05, 0.1) is 18.3 Å². The molecule has 1 fully saturated rings. The molecule has 5 atom stereocenters. The van der Waals surface area contributed by atoms with Gasteiger partial charge in [0, 0.05) is 18.8 Å². The van der Waals surface area contributed by atoms with Gasteiger partial charge in [-0.15, -0.1) is 0 Å². The van der Waals surface area contributed by atoms with Crippen LogP contribution in [0, 0.1) is 11.8 Å². The molecule has 0 amide bonds. The van der Waals surface area contributed by atoms with Crippen molar-refractivity contribution in [3.63, 3.8) is 0 Å². The topological polar surface area (TPSA) is 98.0 Å². The maximum absolute atomic E-state index is 10.4. The van der Waals surface area contributed by atoms with Gasteiger partial charge in [-0.05, 0) is 25.2 Å². The van der Waals surface area contributed by atoms with Crippen LogP contribution in [0.4, 0.5) is 0 Å². The predicted octanol–water partition coefficient (Wildman–Crippen LogP) is 2.49. The maximum atomic E-state index is 10.4. The van der Waals surface area contributed by atoms with Gasteiger partial charge >= 0.3 is 5.97 Å². The van der Waals surface area contributed by atoms with E-state index < -0.39 is 24.3 Å². The summed E-state index contributed by atoms with van der Waals surface area (Å²) in [6.07, 6.45) is 8.87. The number of hydrogen-bond acceptors (Lipinski definition) is 4. The fourth-order valence-corrected chi connectivity index (χ4v) is 3.36. The Morgan fingerprint density at radius 2 is 1.78 bits per heavy atom. The van der Waals surface area contributed by atoms with E-state index in [2.05, 4.69) is 0 Å². The second-order valence-corrected chi connectivity index (χ2v) is 6.67. The summed E-state index contributed by atoms with van der Waals surface area (Å²) in [5, 5.41) is 38.4. The molecule has 0 aromatic rings. The van der Waals surface area contributed by atoms with Crippen LogP contribution in [-0.2, 0) is 4.79 Å². The lowest BCUT2D eigenvalue weighted by molar-refractivity contribution is -0.137. The Hall–Kier alpha value is -0.910. The Labute approximate surface area is 139 Å². The molecule has 4 N–H and O–H groups in total. The largest absolute Gasteiger partial charge is 0.481 e. The van der Waals surface area contributed by atoms with Crippen LogP contribution in [0.2, 0.25) is 0 Å².